The molecule has 0 saturated carbocycles. The Hall–Kier alpha value is -2.55. The largest absolute Gasteiger partial charge is 0.479 e. The van der Waals surface area contributed by atoms with Crippen molar-refractivity contribution in [2.75, 3.05) is 17.3 Å². The highest BCUT2D eigenvalue weighted by molar-refractivity contribution is 6.00. The quantitative estimate of drug-likeness (QED) is 0.867. The molecule has 2 amide bonds. The molecule has 0 bridgehead atoms. The number of fused-ring (bicyclic) bond motifs is 1. The molecule has 0 aromatic heterocycles. The third kappa shape index (κ3) is 2.50. The monoisotopic (exact) mass is 259 g/mol. The summed E-state index contributed by atoms with van der Waals surface area (Å²) in [4.78, 5) is 24.6. The van der Waals surface area contributed by atoms with Crippen LogP contribution < -0.4 is 15.0 Å². The van der Waals surface area contributed by atoms with Gasteiger partial charge in [-0.2, -0.15) is 5.26 Å². The van der Waals surface area contributed by atoms with Crippen LogP contribution in [0.15, 0.2) is 18.2 Å². The summed E-state index contributed by atoms with van der Waals surface area (Å²) in [5.41, 5.74) is 1.19. The molecule has 0 fully saturated rings. The van der Waals surface area contributed by atoms with Crippen LogP contribution in [0.1, 0.15) is 13.3 Å². The third-order valence-corrected chi connectivity index (χ3v) is 2.83. The summed E-state index contributed by atoms with van der Waals surface area (Å²) in [5.74, 6) is 0.0360. The van der Waals surface area contributed by atoms with E-state index in [9.17, 15) is 9.59 Å². The first-order valence-electron chi connectivity index (χ1n) is 5.78. The van der Waals surface area contributed by atoms with Gasteiger partial charge in [0.2, 0.25) is 5.91 Å². The molecule has 0 spiro atoms. The molecule has 19 heavy (non-hydrogen) atoms. The molecule has 98 valence electrons. The van der Waals surface area contributed by atoms with Crippen LogP contribution >= 0.6 is 0 Å². The molecule has 1 aliphatic rings. The number of rotatable bonds is 2. The second kappa shape index (κ2) is 4.98. The Kier molecular flexibility index (Phi) is 3.38. The smallest absolute Gasteiger partial charge is 0.267 e. The Balaban J connectivity index is 2.25. The van der Waals surface area contributed by atoms with Crippen LogP contribution in [0.5, 0.6) is 5.75 Å². The first-order chi connectivity index (χ1) is 9.02. The summed E-state index contributed by atoms with van der Waals surface area (Å²) in [6.07, 6.45) is -0.755. The molecule has 2 rings (SSSR count). The summed E-state index contributed by atoms with van der Waals surface area (Å²) < 4.78 is 5.49. The standard InChI is InChI=1S/C13H13N3O3/c1-8-13(18)16(2)10-4-3-9(7-11(10)19-8)15-12(17)5-6-14/h3-4,7-8H,5H2,1-2H3,(H,15,17). The van der Waals surface area contributed by atoms with E-state index >= 15 is 0 Å². The van der Waals surface area contributed by atoms with Crippen molar-refractivity contribution >= 4 is 23.2 Å². The molecule has 6 heteroatoms. The maximum absolute atomic E-state index is 11.7. The summed E-state index contributed by atoms with van der Waals surface area (Å²) in [6.45, 7) is 1.67. The SMILES string of the molecule is CC1Oc2cc(NC(=O)CC#N)ccc2N(C)C1=O. The third-order valence-electron chi connectivity index (χ3n) is 2.83. The maximum Gasteiger partial charge on any atom is 0.267 e. The maximum atomic E-state index is 11.7. The van der Waals surface area contributed by atoms with Crippen molar-refractivity contribution in [3.63, 3.8) is 0 Å². The Morgan fingerprint density at radius 2 is 2.32 bits per heavy atom. The molecule has 1 N–H and O–H groups in total. The molecule has 1 unspecified atom stereocenters. The minimum atomic E-state index is -0.553. The normalized spacial score (nSPS) is 17.2. The van der Waals surface area contributed by atoms with Crippen molar-refractivity contribution in [1.82, 2.24) is 0 Å². The molecule has 1 heterocycles. The molecule has 0 aliphatic carbocycles. The molecule has 1 aromatic carbocycles. The molecule has 0 saturated heterocycles. The molecule has 1 atom stereocenters. The van der Waals surface area contributed by atoms with Gasteiger partial charge in [0.05, 0.1) is 11.8 Å². The van der Waals surface area contributed by atoms with E-state index in [1.54, 1.807) is 38.2 Å². The zero-order chi connectivity index (χ0) is 14.0. The second-order valence-corrected chi connectivity index (χ2v) is 4.22. The first kappa shape index (κ1) is 12.9. The van der Waals surface area contributed by atoms with E-state index in [0.29, 0.717) is 17.1 Å². The van der Waals surface area contributed by atoms with Gasteiger partial charge < -0.3 is 15.0 Å². The van der Waals surface area contributed by atoms with Crippen LogP contribution in [0, 0.1) is 11.3 Å². The van der Waals surface area contributed by atoms with Crippen molar-refractivity contribution in [3.05, 3.63) is 18.2 Å². The fourth-order valence-electron chi connectivity index (χ4n) is 1.87. The number of nitriles is 1. The molecule has 6 nitrogen and oxygen atoms in total. The van der Waals surface area contributed by atoms with E-state index in [0.717, 1.165) is 0 Å². The van der Waals surface area contributed by atoms with Gasteiger partial charge in [-0.15, -0.1) is 0 Å². The van der Waals surface area contributed by atoms with Gasteiger partial charge in [0.1, 0.15) is 12.2 Å². The number of carbonyl (C=O) groups excluding carboxylic acids is 2. The van der Waals surface area contributed by atoms with Gasteiger partial charge >= 0.3 is 0 Å². The number of carbonyl (C=O) groups is 2. The van der Waals surface area contributed by atoms with Gasteiger partial charge in [0.15, 0.2) is 6.10 Å². The summed E-state index contributed by atoms with van der Waals surface area (Å²) in [5, 5.41) is 11.0. The summed E-state index contributed by atoms with van der Waals surface area (Å²) >= 11 is 0. The van der Waals surface area contributed by atoms with Gasteiger partial charge in [-0.25, -0.2) is 0 Å². The first-order valence-corrected chi connectivity index (χ1v) is 5.78. The van der Waals surface area contributed by atoms with Gasteiger partial charge in [0.25, 0.3) is 5.91 Å². The Bertz CT molecular complexity index is 577. The van der Waals surface area contributed by atoms with Crippen molar-refractivity contribution in [2.45, 2.75) is 19.4 Å². The van der Waals surface area contributed by atoms with Crippen LogP contribution in [0.2, 0.25) is 0 Å². The Labute approximate surface area is 110 Å². The van der Waals surface area contributed by atoms with E-state index in [2.05, 4.69) is 5.32 Å². The average Bonchev–Trinajstić information content (AvgIpc) is 2.36. The Morgan fingerprint density at radius 1 is 1.58 bits per heavy atom. The molecule has 1 aliphatic heterocycles. The fourth-order valence-corrected chi connectivity index (χ4v) is 1.87. The van der Waals surface area contributed by atoms with Crippen LogP contribution in [0.25, 0.3) is 0 Å². The molecule has 0 radical (unpaired) electrons. The van der Waals surface area contributed by atoms with E-state index < -0.39 is 6.10 Å². The highest BCUT2D eigenvalue weighted by atomic mass is 16.5. The van der Waals surface area contributed by atoms with Crippen molar-refractivity contribution < 1.29 is 14.3 Å². The average molecular weight is 259 g/mol. The Morgan fingerprint density at radius 3 is 3.00 bits per heavy atom. The number of nitrogens with zero attached hydrogens (tertiary/aromatic N) is 2. The van der Waals surface area contributed by atoms with Crippen LogP contribution in [-0.4, -0.2) is 25.0 Å². The van der Waals surface area contributed by atoms with Crippen molar-refractivity contribution in [3.8, 4) is 11.8 Å². The molecular weight excluding hydrogens is 246 g/mol. The van der Waals surface area contributed by atoms with Gasteiger partial charge in [-0.1, -0.05) is 0 Å². The van der Waals surface area contributed by atoms with Gasteiger partial charge in [0, 0.05) is 18.8 Å². The van der Waals surface area contributed by atoms with Crippen LogP contribution in [-0.2, 0) is 9.59 Å². The number of amides is 2. The van der Waals surface area contributed by atoms with Crippen molar-refractivity contribution in [2.24, 2.45) is 0 Å². The highest BCUT2D eigenvalue weighted by Crippen LogP contribution is 2.35. The van der Waals surface area contributed by atoms with E-state index in [4.69, 9.17) is 10.00 Å². The number of hydrogen-bond donors (Lipinski definition) is 1. The van der Waals surface area contributed by atoms with E-state index in [1.807, 2.05) is 0 Å². The number of likely N-dealkylation sites (N-methyl/N-ethyl adjacent to an activating group) is 1. The van der Waals surface area contributed by atoms with Crippen LogP contribution in [0.4, 0.5) is 11.4 Å². The predicted molar refractivity (Wildman–Crippen MR) is 68.8 cm³/mol. The lowest BCUT2D eigenvalue weighted by Crippen LogP contribution is -2.41. The lowest BCUT2D eigenvalue weighted by atomic mass is 10.2. The number of ether oxygens (including phenoxy) is 1. The topological polar surface area (TPSA) is 82.4 Å². The minimum absolute atomic E-state index is 0.117. The molecular formula is C13H13N3O3. The predicted octanol–water partition coefficient (Wildman–Crippen LogP) is 1.28. The van der Waals surface area contributed by atoms with E-state index in [-0.39, 0.29) is 18.2 Å². The molecule has 1 aromatic rings. The number of anilines is 2. The zero-order valence-corrected chi connectivity index (χ0v) is 10.6. The second-order valence-electron chi connectivity index (χ2n) is 4.22. The zero-order valence-electron chi connectivity index (χ0n) is 10.6. The lowest BCUT2D eigenvalue weighted by Gasteiger charge is -2.30. The summed E-state index contributed by atoms with van der Waals surface area (Å²) in [7, 11) is 1.67. The number of benzene rings is 1. The van der Waals surface area contributed by atoms with Crippen molar-refractivity contribution in [1.29, 1.82) is 5.26 Å². The lowest BCUT2D eigenvalue weighted by molar-refractivity contribution is -0.125. The fraction of sp³-hybridized carbons (Fsp3) is 0.308. The highest BCUT2D eigenvalue weighted by Gasteiger charge is 2.28. The summed E-state index contributed by atoms with van der Waals surface area (Å²) in [6, 6.07) is 6.78. The number of nitrogens with one attached hydrogen (secondary N) is 1. The van der Waals surface area contributed by atoms with E-state index in [1.165, 1.54) is 4.90 Å². The minimum Gasteiger partial charge on any atom is -0.479 e. The number of hydrogen-bond acceptors (Lipinski definition) is 4. The van der Waals surface area contributed by atoms with Gasteiger partial charge in [-0.05, 0) is 19.1 Å². The van der Waals surface area contributed by atoms with Gasteiger partial charge in [-0.3, -0.25) is 9.59 Å². The van der Waals surface area contributed by atoms with Crippen LogP contribution in [0.3, 0.4) is 0 Å².